The highest BCUT2D eigenvalue weighted by atomic mass is 16.5. The van der Waals surface area contributed by atoms with Gasteiger partial charge in [-0.15, -0.1) is 0 Å². The SMILES string of the molecule is COc1c(N(CC2CC2)CC2CCCN2)nc[nH]c1=O. The summed E-state index contributed by atoms with van der Waals surface area (Å²) in [4.78, 5) is 21.0. The van der Waals surface area contributed by atoms with E-state index < -0.39 is 0 Å². The summed E-state index contributed by atoms with van der Waals surface area (Å²) in [7, 11) is 1.53. The van der Waals surface area contributed by atoms with Gasteiger partial charge in [0.05, 0.1) is 13.4 Å². The van der Waals surface area contributed by atoms with Crippen LogP contribution in [0.5, 0.6) is 5.75 Å². The van der Waals surface area contributed by atoms with Crippen LogP contribution in [0.15, 0.2) is 11.1 Å². The average molecular weight is 278 g/mol. The number of ether oxygens (including phenoxy) is 1. The molecule has 6 heteroatoms. The Morgan fingerprint density at radius 2 is 2.25 bits per heavy atom. The Balaban J connectivity index is 1.83. The van der Waals surface area contributed by atoms with Gasteiger partial charge in [0.1, 0.15) is 0 Å². The Morgan fingerprint density at radius 3 is 2.90 bits per heavy atom. The molecule has 2 fully saturated rings. The second kappa shape index (κ2) is 5.83. The first-order valence-electron chi connectivity index (χ1n) is 7.38. The number of nitrogens with one attached hydrogen (secondary N) is 2. The largest absolute Gasteiger partial charge is 0.489 e. The normalized spacial score (nSPS) is 21.9. The van der Waals surface area contributed by atoms with Crippen LogP contribution in [-0.4, -0.2) is 42.8 Å². The van der Waals surface area contributed by atoms with E-state index in [1.54, 1.807) is 0 Å². The van der Waals surface area contributed by atoms with Crippen LogP contribution in [0, 0.1) is 5.92 Å². The molecule has 1 atom stereocenters. The van der Waals surface area contributed by atoms with Gasteiger partial charge in [0, 0.05) is 19.1 Å². The minimum Gasteiger partial charge on any atom is -0.489 e. The summed E-state index contributed by atoms with van der Waals surface area (Å²) in [5, 5.41) is 3.51. The number of hydrogen-bond donors (Lipinski definition) is 2. The third-order valence-corrected chi connectivity index (χ3v) is 4.07. The first-order chi connectivity index (χ1) is 9.78. The van der Waals surface area contributed by atoms with Crippen LogP contribution in [-0.2, 0) is 0 Å². The highest BCUT2D eigenvalue weighted by Gasteiger charge is 2.29. The molecule has 20 heavy (non-hydrogen) atoms. The standard InChI is InChI=1S/C14H22N4O2/c1-20-12-13(16-9-17-14(12)19)18(7-10-4-5-10)8-11-3-2-6-15-11/h9-11,15H,2-8H2,1H3,(H,16,17,19). The van der Waals surface area contributed by atoms with Crippen LogP contribution in [0.2, 0.25) is 0 Å². The summed E-state index contributed by atoms with van der Waals surface area (Å²) in [5.74, 6) is 1.74. The molecule has 3 rings (SSSR count). The van der Waals surface area contributed by atoms with Crippen LogP contribution in [0.4, 0.5) is 5.82 Å². The zero-order valence-electron chi connectivity index (χ0n) is 11.9. The number of nitrogens with zero attached hydrogens (tertiary/aromatic N) is 2. The zero-order chi connectivity index (χ0) is 13.9. The third-order valence-electron chi connectivity index (χ3n) is 4.07. The molecule has 1 aliphatic heterocycles. The topological polar surface area (TPSA) is 70.2 Å². The molecular weight excluding hydrogens is 256 g/mol. The number of aromatic nitrogens is 2. The lowest BCUT2D eigenvalue weighted by Gasteiger charge is -2.27. The lowest BCUT2D eigenvalue weighted by atomic mass is 10.2. The second-order valence-electron chi connectivity index (χ2n) is 5.73. The fraction of sp³-hybridized carbons (Fsp3) is 0.714. The molecule has 1 saturated heterocycles. The summed E-state index contributed by atoms with van der Waals surface area (Å²) in [6.07, 6.45) is 6.43. The zero-order valence-corrected chi connectivity index (χ0v) is 11.9. The first-order valence-corrected chi connectivity index (χ1v) is 7.38. The van der Waals surface area contributed by atoms with Crippen molar-refractivity contribution in [2.45, 2.75) is 31.7 Å². The Bertz CT molecular complexity index is 506. The van der Waals surface area contributed by atoms with E-state index in [0.29, 0.717) is 17.6 Å². The van der Waals surface area contributed by atoms with Crippen molar-refractivity contribution >= 4 is 5.82 Å². The molecule has 0 aromatic carbocycles. The molecule has 1 saturated carbocycles. The Morgan fingerprint density at radius 1 is 1.40 bits per heavy atom. The summed E-state index contributed by atoms with van der Waals surface area (Å²) in [6, 6.07) is 0.486. The lowest BCUT2D eigenvalue weighted by Crippen LogP contribution is -2.40. The molecule has 0 bridgehead atoms. The molecule has 2 N–H and O–H groups in total. The molecule has 0 amide bonds. The van der Waals surface area contributed by atoms with Crippen LogP contribution < -0.4 is 20.5 Å². The molecule has 1 aromatic heterocycles. The van der Waals surface area contributed by atoms with Crippen LogP contribution in [0.1, 0.15) is 25.7 Å². The maximum atomic E-state index is 11.9. The minimum absolute atomic E-state index is 0.210. The van der Waals surface area contributed by atoms with Crippen molar-refractivity contribution in [1.82, 2.24) is 15.3 Å². The monoisotopic (exact) mass is 278 g/mol. The van der Waals surface area contributed by atoms with Gasteiger partial charge in [0.25, 0.3) is 5.56 Å². The number of hydrogen-bond acceptors (Lipinski definition) is 5. The van der Waals surface area contributed by atoms with Crippen molar-refractivity contribution in [1.29, 1.82) is 0 Å². The van der Waals surface area contributed by atoms with Gasteiger partial charge in [-0.1, -0.05) is 0 Å². The van der Waals surface area contributed by atoms with E-state index in [0.717, 1.165) is 25.6 Å². The van der Waals surface area contributed by atoms with Gasteiger partial charge in [-0.25, -0.2) is 4.98 Å². The van der Waals surface area contributed by atoms with E-state index in [9.17, 15) is 4.79 Å². The maximum Gasteiger partial charge on any atom is 0.295 e. The first kappa shape index (κ1) is 13.4. The van der Waals surface area contributed by atoms with Crippen molar-refractivity contribution in [2.24, 2.45) is 5.92 Å². The summed E-state index contributed by atoms with van der Waals surface area (Å²) in [5.41, 5.74) is -0.210. The van der Waals surface area contributed by atoms with E-state index in [1.807, 2.05) is 0 Å². The summed E-state index contributed by atoms with van der Waals surface area (Å²) in [6.45, 7) is 2.94. The number of H-pyrrole nitrogens is 1. The molecule has 1 aliphatic carbocycles. The molecule has 1 unspecified atom stereocenters. The Hall–Kier alpha value is -1.56. The smallest absolute Gasteiger partial charge is 0.295 e. The van der Waals surface area contributed by atoms with E-state index in [-0.39, 0.29) is 5.56 Å². The predicted octanol–water partition coefficient (Wildman–Crippen LogP) is 0.747. The van der Waals surface area contributed by atoms with Crippen LogP contribution in [0.3, 0.4) is 0 Å². The van der Waals surface area contributed by atoms with E-state index >= 15 is 0 Å². The van der Waals surface area contributed by atoms with E-state index in [4.69, 9.17) is 4.74 Å². The van der Waals surface area contributed by atoms with Crippen molar-refractivity contribution < 1.29 is 4.74 Å². The fourth-order valence-corrected chi connectivity index (χ4v) is 2.83. The highest BCUT2D eigenvalue weighted by Crippen LogP contribution is 2.32. The predicted molar refractivity (Wildman–Crippen MR) is 77.4 cm³/mol. The molecule has 2 heterocycles. The third kappa shape index (κ3) is 2.95. The van der Waals surface area contributed by atoms with Gasteiger partial charge in [-0.2, -0.15) is 0 Å². The second-order valence-corrected chi connectivity index (χ2v) is 5.73. The van der Waals surface area contributed by atoms with Crippen molar-refractivity contribution in [3.05, 3.63) is 16.7 Å². The highest BCUT2D eigenvalue weighted by molar-refractivity contribution is 5.51. The van der Waals surface area contributed by atoms with Crippen LogP contribution >= 0.6 is 0 Å². The van der Waals surface area contributed by atoms with Gasteiger partial charge in [-0.05, 0) is 38.1 Å². The van der Waals surface area contributed by atoms with Crippen molar-refractivity contribution in [2.75, 3.05) is 31.6 Å². The fourth-order valence-electron chi connectivity index (χ4n) is 2.83. The van der Waals surface area contributed by atoms with Gasteiger partial charge in [-0.3, -0.25) is 4.79 Å². The van der Waals surface area contributed by atoms with E-state index in [1.165, 1.54) is 39.1 Å². The van der Waals surface area contributed by atoms with Crippen LogP contribution in [0.25, 0.3) is 0 Å². The minimum atomic E-state index is -0.210. The summed E-state index contributed by atoms with van der Waals surface area (Å²) >= 11 is 0. The lowest BCUT2D eigenvalue weighted by molar-refractivity contribution is 0.404. The molecule has 0 radical (unpaired) electrons. The van der Waals surface area contributed by atoms with Gasteiger partial charge >= 0.3 is 0 Å². The molecule has 2 aliphatic rings. The van der Waals surface area contributed by atoms with Gasteiger partial charge < -0.3 is 19.9 Å². The number of aromatic amines is 1. The number of rotatable bonds is 6. The molecule has 0 spiro atoms. The molecular formula is C14H22N4O2. The maximum absolute atomic E-state index is 11.9. The average Bonchev–Trinajstić information content (AvgIpc) is 3.11. The number of methoxy groups -OCH3 is 1. The Labute approximate surface area is 118 Å². The van der Waals surface area contributed by atoms with E-state index in [2.05, 4.69) is 20.2 Å². The Kier molecular flexibility index (Phi) is 3.91. The molecule has 1 aromatic rings. The quantitative estimate of drug-likeness (QED) is 0.803. The van der Waals surface area contributed by atoms with Crippen molar-refractivity contribution in [3.8, 4) is 5.75 Å². The molecule has 6 nitrogen and oxygen atoms in total. The van der Waals surface area contributed by atoms with Crippen molar-refractivity contribution in [3.63, 3.8) is 0 Å². The van der Waals surface area contributed by atoms with Gasteiger partial charge in [0.15, 0.2) is 5.82 Å². The number of anilines is 1. The van der Waals surface area contributed by atoms with Gasteiger partial charge in [0.2, 0.25) is 5.75 Å². The molecule has 110 valence electrons. The summed E-state index contributed by atoms with van der Waals surface area (Å²) < 4.78 is 5.26.